The molecule has 0 heterocycles. The van der Waals surface area contributed by atoms with Gasteiger partial charge in [0.1, 0.15) is 5.82 Å². The average molecular weight is 226 g/mol. The van der Waals surface area contributed by atoms with E-state index in [1.165, 1.54) is 6.07 Å². The molecule has 5 N–H and O–H groups in total. The van der Waals surface area contributed by atoms with Crippen LogP contribution in [0.4, 0.5) is 4.39 Å². The molecule has 0 spiro atoms. The van der Waals surface area contributed by atoms with Crippen molar-refractivity contribution in [2.45, 2.75) is 32.4 Å². The first-order valence-corrected chi connectivity index (χ1v) is 5.37. The van der Waals surface area contributed by atoms with Gasteiger partial charge in [0.15, 0.2) is 0 Å². The Morgan fingerprint density at radius 3 is 2.44 bits per heavy atom. The van der Waals surface area contributed by atoms with E-state index in [4.69, 9.17) is 11.5 Å². The van der Waals surface area contributed by atoms with Gasteiger partial charge in [-0.2, -0.15) is 0 Å². The van der Waals surface area contributed by atoms with E-state index in [9.17, 15) is 9.50 Å². The SMILES string of the molecule is Cc1cc(F)c(C(O)C(N)CCN)cc1C. The summed E-state index contributed by atoms with van der Waals surface area (Å²) >= 11 is 0. The lowest BCUT2D eigenvalue weighted by Crippen LogP contribution is -2.31. The molecule has 2 unspecified atom stereocenters. The fraction of sp³-hybridized carbons (Fsp3) is 0.500. The summed E-state index contributed by atoms with van der Waals surface area (Å²) in [7, 11) is 0. The van der Waals surface area contributed by atoms with Crippen molar-refractivity contribution in [1.29, 1.82) is 0 Å². The lowest BCUT2D eigenvalue weighted by atomic mass is 9.96. The van der Waals surface area contributed by atoms with Crippen molar-refractivity contribution in [3.8, 4) is 0 Å². The molecule has 0 saturated heterocycles. The Morgan fingerprint density at radius 1 is 1.31 bits per heavy atom. The van der Waals surface area contributed by atoms with Crippen LogP contribution in [0.15, 0.2) is 12.1 Å². The molecule has 0 aliphatic heterocycles. The van der Waals surface area contributed by atoms with Crippen LogP contribution in [-0.2, 0) is 0 Å². The van der Waals surface area contributed by atoms with Gasteiger partial charge >= 0.3 is 0 Å². The topological polar surface area (TPSA) is 72.3 Å². The molecule has 0 aliphatic rings. The molecule has 0 aromatic heterocycles. The van der Waals surface area contributed by atoms with E-state index in [0.29, 0.717) is 13.0 Å². The van der Waals surface area contributed by atoms with Gasteiger partial charge in [0.2, 0.25) is 0 Å². The molecule has 90 valence electrons. The van der Waals surface area contributed by atoms with Crippen molar-refractivity contribution < 1.29 is 9.50 Å². The highest BCUT2D eigenvalue weighted by atomic mass is 19.1. The minimum atomic E-state index is -0.997. The molecule has 1 rings (SSSR count). The number of aliphatic hydroxyl groups excluding tert-OH is 1. The molecule has 1 aromatic rings. The van der Waals surface area contributed by atoms with Crippen LogP contribution in [0.25, 0.3) is 0 Å². The summed E-state index contributed by atoms with van der Waals surface area (Å²) in [6.07, 6.45) is -0.532. The quantitative estimate of drug-likeness (QED) is 0.721. The number of aliphatic hydroxyl groups is 1. The molecule has 4 heteroatoms. The smallest absolute Gasteiger partial charge is 0.129 e. The van der Waals surface area contributed by atoms with Crippen molar-refractivity contribution in [2.24, 2.45) is 11.5 Å². The summed E-state index contributed by atoms with van der Waals surface area (Å²) in [5.74, 6) is -0.414. The van der Waals surface area contributed by atoms with Gasteiger partial charge in [-0.3, -0.25) is 0 Å². The van der Waals surface area contributed by atoms with Gasteiger partial charge in [0.25, 0.3) is 0 Å². The van der Waals surface area contributed by atoms with E-state index in [2.05, 4.69) is 0 Å². The number of aryl methyl sites for hydroxylation is 2. The fourth-order valence-electron chi connectivity index (χ4n) is 1.61. The summed E-state index contributed by atoms with van der Waals surface area (Å²) in [6, 6.07) is 2.54. The highest BCUT2D eigenvalue weighted by Crippen LogP contribution is 2.23. The first-order chi connectivity index (χ1) is 7.47. The van der Waals surface area contributed by atoms with Gasteiger partial charge in [-0.25, -0.2) is 4.39 Å². The third kappa shape index (κ3) is 2.78. The molecule has 0 bridgehead atoms. The van der Waals surface area contributed by atoms with Crippen LogP contribution in [0.5, 0.6) is 0 Å². The van der Waals surface area contributed by atoms with Crippen LogP contribution in [0.1, 0.15) is 29.2 Å². The van der Waals surface area contributed by atoms with Gasteiger partial charge in [0, 0.05) is 11.6 Å². The minimum Gasteiger partial charge on any atom is -0.387 e. The molecule has 1 aromatic carbocycles. The number of hydrogen-bond acceptors (Lipinski definition) is 3. The molecule has 0 fully saturated rings. The lowest BCUT2D eigenvalue weighted by molar-refractivity contribution is 0.139. The number of hydrogen-bond donors (Lipinski definition) is 3. The zero-order valence-electron chi connectivity index (χ0n) is 9.70. The highest BCUT2D eigenvalue weighted by molar-refractivity contribution is 5.33. The summed E-state index contributed by atoms with van der Waals surface area (Å²) in [6.45, 7) is 4.08. The zero-order valence-corrected chi connectivity index (χ0v) is 9.70. The van der Waals surface area contributed by atoms with Crippen molar-refractivity contribution >= 4 is 0 Å². The predicted octanol–water partition coefficient (Wildman–Crippen LogP) is 1.15. The molecule has 0 amide bonds. The second-order valence-electron chi connectivity index (χ2n) is 4.14. The highest BCUT2D eigenvalue weighted by Gasteiger charge is 2.20. The molecule has 0 saturated carbocycles. The Hall–Kier alpha value is -0.970. The Bertz CT molecular complexity index is 368. The Labute approximate surface area is 95.3 Å². The van der Waals surface area contributed by atoms with Crippen LogP contribution >= 0.6 is 0 Å². The second kappa shape index (κ2) is 5.39. The Balaban J connectivity index is 2.99. The second-order valence-corrected chi connectivity index (χ2v) is 4.14. The van der Waals surface area contributed by atoms with E-state index in [0.717, 1.165) is 11.1 Å². The average Bonchev–Trinajstić information content (AvgIpc) is 2.23. The van der Waals surface area contributed by atoms with E-state index in [1.54, 1.807) is 6.07 Å². The van der Waals surface area contributed by atoms with Crippen molar-refractivity contribution in [3.63, 3.8) is 0 Å². The summed E-state index contributed by atoms with van der Waals surface area (Å²) in [5.41, 5.74) is 13.1. The number of benzene rings is 1. The maximum absolute atomic E-state index is 13.6. The summed E-state index contributed by atoms with van der Waals surface area (Å²) in [4.78, 5) is 0. The fourth-order valence-corrected chi connectivity index (χ4v) is 1.61. The molecule has 0 radical (unpaired) electrons. The lowest BCUT2D eigenvalue weighted by Gasteiger charge is -2.20. The number of halogens is 1. The monoisotopic (exact) mass is 226 g/mol. The largest absolute Gasteiger partial charge is 0.387 e. The van der Waals surface area contributed by atoms with Gasteiger partial charge in [0.05, 0.1) is 6.10 Å². The maximum atomic E-state index is 13.6. The number of nitrogens with two attached hydrogens (primary N) is 2. The predicted molar refractivity (Wildman–Crippen MR) is 62.5 cm³/mol. The van der Waals surface area contributed by atoms with Crippen LogP contribution in [0.3, 0.4) is 0 Å². The van der Waals surface area contributed by atoms with Gasteiger partial charge in [-0.05, 0) is 44.0 Å². The summed E-state index contributed by atoms with van der Waals surface area (Å²) in [5, 5.41) is 9.90. The third-order valence-corrected chi connectivity index (χ3v) is 2.84. The van der Waals surface area contributed by atoms with Crippen LogP contribution in [-0.4, -0.2) is 17.7 Å². The molecule has 2 atom stereocenters. The van der Waals surface area contributed by atoms with Crippen molar-refractivity contribution in [1.82, 2.24) is 0 Å². The molecule has 0 aliphatic carbocycles. The normalized spacial score (nSPS) is 14.9. The van der Waals surface area contributed by atoms with Gasteiger partial charge in [-0.1, -0.05) is 6.07 Å². The van der Waals surface area contributed by atoms with E-state index in [-0.39, 0.29) is 5.56 Å². The standard InChI is InChI=1S/C12H19FN2O/c1-7-5-9(10(13)6-8(7)2)12(16)11(15)3-4-14/h5-6,11-12,16H,3-4,14-15H2,1-2H3. The third-order valence-electron chi connectivity index (χ3n) is 2.84. The van der Waals surface area contributed by atoms with Crippen molar-refractivity contribution in [3.05, 3.63) is 34.6 Å². The summed E-state index contributed by atoms with van der Waals surface area (Å²) < 4.78 is 13.6. The van der Waals surface area contributed by atoms with Gasteiger partial charge in [-0.15, -0.1) is 0 Å². The first-order valence-electron chi connectivity index (χ1n) is 5.37. The van der Waals surface area contributed by atoms with Gasteiger partial charge < -0.3 is 16.6 Å². The van der Waals surface area contributed by atoms with Crippen molar-refractivity contribution in [2.75, 3.05) is 6.54 Å². The van der Waals surface area contributed by atoms with Crippen LogP contribution < -0.4 is 11.5 Å². The van der Waals surface area contributed by atoms with Crippen LogP contribution in [0.2, 0.25) is 0 Å². The molecule has 16 heavy (non-hydrogen) atoms. The van der Waals surface area contributed by atoms with E-state index < -0.39 is 18.0 Å². The Morgan fingerprint density at radius 2 is 1.88 bits per heavy atom. The maximum Gasteiger partial charge on any atom is 0.129 e. The van der Waals surface area contributed by atoms with E-state index in [1.807, 2.05) is 13.8 Å². The first kappa shape index (κ1) is 13.1. The molecular weight excluding hydrogens is 207 g/mol. The molecular formula is C12H19FN2O. The Kier molecular flexibility index (Phi) is 4.41. The van der Waals surface area contributed by atoms with E-state index >= 15 is 0 Å². The zero-order chi connectivity index (χ0) is 12.3. The minimum absolute atomic E-state index is 0.254. The number of rotatable bonds is 4. The molecule has 3 nitrogen and oxygen atoms in total. The van der Waals surface area contributed by atoms with Crippen LogP contribution in [0, 0.1) is 19.7 Å².